The van der Waals surface area contributed by atoms with E-state index in [1.54, 1.807) is 12.1 Å². The van der Waals surface area contributed by atoms with Crippen molar-refractivity contribution in [1.82, 2.24) is 10.2 Å². The summed E-state index contributed by atoms with van der Waals surface area (Å²) >= 11 is 0. The predicted octanol–water partition coefficient (Wildman–Crippen LogP) is 0.0839. The first kappa shape index (κ1) is 12.3. The Bertz CT molecular complexity index is 514. The van der Waals surface area contributed by atoms with Crippen molar-refractivity contribution in [3.63, 3.8) is 0 Å². The molecule has 1 unspecified atom stereocenters. The number of aliphatic hydroxyl groups excluding tert-OH is 2. The summed E-state index contributed by atoms with van der Waals surface area (Å²) in [7, 11) is 0. The molecular weight excluding hydrogens is 236 g/mol. The van der Waals surface area contributed by atoms with Gasteiger partial charge in [0.05, 0.1) is 18.3 Å². The van der Waals surface area contributed by atoms with Gasteiger partial charge in [-0.1, -0.05) is 17.2 Å². The van der Waals surface area contributed by atoms with Crippen molar-refractivity contribution < 1.29 is 14.6 Å². The molecule has 0 aliphatic carbocycles. The number of aromatic nitrogens is 2. The van der Waals surface area contributed by atoms with E-state index in [0.717, 1.165) is 0 Å². The molecule has 0 radical (unpaired) electrons. The Morgan fingerprint density at radius 1 is 1.33 bits per heavy atom. The summed E-state index contributed by atoms with van der Waals surface area (Å²) in [5.74, 6) is 0.300. The molecule has 0 spiro atoms. The normalized spacial score (nSPS) is 12.3. The van der Waals surface area contributed by atoms with Gasteiger partial charge in [-0.2, -0.15) is 0 Å². The molecule has 1 aromatic heterocycles. The van der Waals surface area contributed by atoms with Crippen molar-refractivity contribution in [3.05, 3.63) is 24.3 Å². The molecule has 2 aromatic rings. The highest BCUT2D eigenvalue weighted by atomic mass is 16.4. The van der Waals surface area contributed by atoms with Crippen molar-refractivity contribution in [3.8, 4) is 11.5 Å². The molecule has 0 saturated heterocycles. The largest absolute Gasteiger partial charge is 0.403 e. The first-order chi connectivity index (χ1) is 8.70. The molecular formula is C11H14N4O3. The van der Waals surface area contributed by atoms with Crippen molar-refractivity contribution in [2.45, 2.75) is 6.10 Å². The van der Waals surface area contributed by atoms with Crippen LogP contribution in [0.4, 0.5) is 11.7 Å². The van der Waals surface area contributed by atoms with Crippen LogP contribution in [0.2, 0.25) is 0 Å². The fourth-order valence-corrected chi connectivity index (χ4v) is 1.46. The van der Waals surface area contributed by atoms with Gasteiger partial charge in [0.1, 0.15) is 0 Å². The average Bonchev–Trinajstić information content (AvgIpc) is 2.83. The zero-order valence-electron chi connectivity index (χ0n) is 9.58. The van der Waals surface area contributed by atoms with Gasteiger partial charge in [0.2, 0.25) is 0 Å². The standard InChI is InChI=1S/C11H14N4O3/c12-11-15-14-10(18-11)8-3-1-2-4-9(8)13-5-7(17)6-16/h1-4,7,13,16-17H,5-6H2,(H2,12,15). The third-order valence-electron chi connectivity index (χ3n) is 2.34. The number of para-hydroxylation sites is 1. The van der Waals surface area contributed by atoms with E-state index in [0.29, 0.717) is 17.1 Å². The molecule has 5 N–H and O–H groups in total. The summed E-state index contributed by atoms with van der Waals surface area (Å²) in [6.45, 7) is -0.0835. The van der Waals surface area contributed by atoms with Gasteiger partial charge >= 0.3 is 6.01 Å². The molecule has 7 heteroatoms. The van der Waals surface area contributed by atoms with Crippen LogP contribution in [0.15, 0.2) is 28.7 Å². The van der Waals surface area contributed by atoms with Crippen LogP contribution in [0.25, 0.3) is 11.5 Å². The Morgan fingerprint density at radius 2 is 2.11 bits per heavy atom. The fraction of sp³-hybridized carbons (Fsp3) is 0.273. The monoisotopic (exact) mass is 250 g/mol. The van der Waals surface area contributed by atoms with Crippen molar-refractivity contribution in [2.75, 3.05) is 24.2 Å². The Hall–Kier alpha value is -2.12. The first-order valence-electron chi connectivity index (χ1n) is 5.42. The number of hydrogen-bond acceptors (Lipinski definition) is 7. The summed E-state index contributed by atoms with van der Waals surface area (Å²) in [6, 6.07) is 7.25. The first-order valence-corrected chi connectivity index (χ1v) is 5.42. The molecule has 0 aliphatic rings. The molecule has 0 amide bonds. The second-order valence-corrected chi connectivity index (χ2v) is 3.71. The molecule has 0 aliphatic heterocycles. The van der Waals surface area contributed by atoms with E-state index in [4.69, 9.17) is 15.3 Å². The lowest BCUT2D eigenvalue weighted by atomic mass is 10.1. The lowest BCUT2D eigenvalue weighted by Crippen LogP contribution is -2.23. The summed E-state index contributed by atoms with van der Waals surface area (Å²) in [5.41, 5.74) is 6.78. The maximum absolute atomic E-state index is 9.30. The molecule has 0 fully saturated rings. The number of rotatable bonds is 5. The van der Waals surface area contributed by atoms with Crippen LogP contribution in [0.3, 0.4) is 0 Å². The fourth-order valence-electron chi connectivity index (χ4n) is 1.46. The van der Waals surface area contributed by atoms with Crippen LogP contribution in [-0.2, 0) is 0 Å². The van der Waals surface area contributed by atoms with Crippen molar-refractivity contribution in [1.29, 1.82) is 0 Å². The summed E-state index contributed by atoms with van der Waals surface area (Å²) in [6.07, 6.45) is -0.828. The minimum absolute atomic E-state index is 0.00445. The van der Waals surface area contributed by atoms with E-state index in [-0.39, 0.29) is 19.2 Å². The van der Waals surface area contributed by atoms with Crippen LogP contribution < -0.4 is 11.1 Å². The molecule has 18 heavy (non-hydrogen) atoms. The van der Waals surface area contributed by atoms with E-state index >= 15 is 0 Å². The van der Waals surface area contributed by atoms with Gasteiger partial charge in [-0.15, -0.1) is 5.10 Å². The minimum Gasteiger partial charge on any atom is -0.403 e. The van der Waals surface area contributed by atoms with E-state index in [2.05, 4.69) is 15.5 Å². The zero-order valence-corrected chi connectivity index (χ0v) is 9.58. The molecule has 1 atom stereocenters. The summed E-state index contributed by atoms with van der Waals surface area (Å²) in [4.78, 5) is 0. The van der Waals surface area contributed by atoms with Crippen LogP contribution >= 0.6 is 0 Å². The Kier molecular flexibility index (Phi) is 3.75. The molecule has 1 aromatic carbocycles. The zero-order chi connectivity index (χ0) is 13.0. The van der Waals surface area contributed by atoms with Gasteiger partial charge in [0.25, 0.3) is 5.89 Å². The van der Waals surface area contributed by atoms with Gasteiger partial charge in [-0.25, -0.2) is 0 Å². The van der Waals surface area contributed by atoms with Crippen molar-refractivity contribution in [2.24, 2.45) is 0 Å². The third kappa shape index (κ3) is 2.76. The van der Waals surface area contributed by atoms with Gasteiger partial charge in [-0.3, -0.25) is 0 Å². The number of nitrogen functional groups attached to an aromatic ring is 1. The Labute approximate surface area is 103 Å². The highest BCUT2D eigenvalue weighted by Crippen LogP contribution is 2.26. The summed E-state index contributed by atoms with van der Waals surface area (Å²) in [5, 5.41) is 28.4. The summed E-state index contributed by atoms with van der Waals surface area (Å²) < 4.78 is 5.15. The van der Waals surface area contributed by atoms with Crippen molar-refractivity contribution >= 4 is 11.7 Å². The number of hydrogen-bond donors (Lipinski definition) is 4. The molecule has 96 valence electrons. The number of nitrogens with one attached hydrogen (secondary N) is 1. The van der Waals surface area contributed by atoms with E-state index in [1.807, 2.05) is 12.1 Å². The van der Waals surface area contributed by atoms with Crippen LogP contribution in [-0.4, -0.2) is 39.7 Å². The molecule has 7 nitrogen and oxygen atoms in total. The SMILES string of the molecule is Nc1nnc(-c2ccccc2NCC(O)CO)o1. The van der Waals surface area contributed by atoms with Crippen LogP contribution in [0, 0.1) is 0 Å². The molecule has 2 rings (SSSR count). The second-order valence-electron chi connectivity index (χ2n) is 3.71. The maximum atomic E-state index is 9.30. The highest BCUT2D eigenvalue weighted by molar-refractivity contribution is 5.72. The maximum Gasteiger partial charge on any atom is 0.313 e. The molecule has 0 bridgehead atoms. The number of anilines is 2. The minimum atomic E-state index is -0.828. The number of aliphatic hydroxyl groups is 2. The number of benzene rings is 1. The van der Waals surface area contributed by atoms with Gasteiger partial charge in [0, 0.05) is 12.2 Å². The van der Waals surface area contributed by atoms with Gasteiger partial charge in [-0.05, 0) is 12.1 Å². The van der Waals surface area contributed by atoms with Gasteiger partial charge in [0.15, 0.2) is 0 Å². The average molecular weight is 250 g/mol. The smallest absolute Gasteiger partial charge is 0.313 e. The quantitative estimate of drug-likeness (QED) is 0.593. The third-order valence-corrected chi connectivity index (χ3v) is 2.34. The van der Waals surface area contributed by atoms with Gasteiger partial charge < -0.3 is 25.7 Å². The van der Waals surface area contributed by atoms with E-state index in [1.165, 1.54) is 0 Å². The highest BCUT2D eigenvalue weighted by Gasteiger charge is 2.11. The number of nitrogens with zero attached hydrogens (tertiary/aromatic N) is 2. The van der Waals surface area contributed by atoms with E-state index < -0.39 is 6.10 Å². The Morgan fingerprint density at radius 3 is 2.78 bits per heavy atom. The molecule has 0 saturated carbocycles. The lowest BCUT2D eigenvalue weighted by Gasteiger charge is -2.12. The topological polar surface area (TPSA) is 117 Å². The van der Waals surface area contributed by atoms with E-state index in [9.17, 15) is 5.11 Å². The molecule has 1 heterocycles. The Balaban J connectivity index is 2.20. The predicted molar refractivity (Wildman–Crippen MR) is 65.7 cm³/mol. The lowest BCUT2D eigenvalue weighted by molar-refractivity contribution is 0.105. The van der Waals surface area contributed by atoms with Crippen LogP contribution in [0.1, 0.15) is 0 Å². The number of nitrogens with two attached hydrogens (primary N) is 1. The van der Waals surface area contributed by atoms with Crippen LogP contribution in [0.5, 0.6) is 0 Å². The second kappa shape index (κ2) is 5.48.